The van der Waals surface area contributed by atoms with Gasteiger partial charge >= 0.3 is 0 Å². The van der Waals surface area contributed by atoms with Crippen LogP contribution in [0.5, 0.6) is 0 Å². The van der Waals surface area contributed by atoms with Gasteiger partial charge in [0.05, 0.1) is 0 Å². The van der Waals surface area contributed by atoms with Crippen molar-refractivity contribution in [2.75, 3.05) is 0 Å². The standard InChI is InChI=1S/C30H54/c1-9-14-15-16-17-18-19-22-30(7,8)29(13-5)24(6)27(21-11-3)26(12-4)28-23-25(28)20-10-2/h16-19,24-25,28-29H,9-15,20-23H2,1-8H3. The summed E-state index contributed by atoms with van der Waals surface area (Å²) < 4.78 is 0. The summed E-state index contributed by atoms with van der Waals surface area (Å²) in [6, 6.07) is 0. The van der Waals surface area contributed by atoms with E-state index < -0.39 is 0 Å². The molecule has 1 aliphatic rings. The van der Waals surface area contributed by atoms with Gasteiger partial charge in [0.15, 0.2) is 0 Å². The highest BCUT2D eigenvalue weighted by Crippen LogP contribution is 2.52. The van der Waals surface area contributed by atoms with E-state index in [9.17, 15) is 0 Å². The normalized spacial score (nSPS) is 22.5. The molecule has 0 bridgehead atoms. The Morgan fingerprint density at radius 3 is 2.23 bits per heavy atom. The molecule has 0 nitrogen and oxygen atoms in total. The smallest absolute Gasteiger partial charge is 0.0169 e. The van der Waals surface area contributed by atoms with Crippen LogP contribution in [0.1, 0.15) is 126 Å². The third-order valence-corrected chi connectivity index (χ3v) is 7.69. The lowest BCUT2D eigenvalue weighted by molar-refractivity contribution is 0.158. The zero-order valence-corrected chi connectivity index (χ0v) is 21.9. The third kappa shape index (κ3) is 8.39. The van der Waals surface area contributed by atoms with Gasteiger partial charge in [-0.25, -0.2) is 0 Å². The molecule has 4 atom stereocenters. The quantitative estimate of drug-likeness (QED) is 0.134. The van der Waals surface area contributed by atoms with Gasteiger partial charge in [0, 0.05) is 0 Å². The van der Waals surface area contributed by atoms with Crippen molar-refractivity contribution in [3.05, 3.63) is 35.5 Å². The van der Waals surface area contributed by atoms with Crippen LogP contribution in [-0.2, 0) is 0 Å². The molecular weight excluding hydrogens is 360 g/mol. The number of rotatable bonds is 16. The van der Waals surface area contributed by atoms with Crippen LogP contribution in [0.15, 0.2) is 35.5 Å². The lowest BCUT2D eigenvalue weighted by atomic mass is 9.66. The first-order valence-corrected chi connectivity index (χ1v) is 13.4. The van der Waals surface area contributed by atoms with Gasteiger partial charge in [-0.15, -0.1) is 0 Å². The minimum absolute atomic E-state index is 0.339. The summed E-state index contributed by atoms with van der Waals surface area (Å²) in [5, 5.41) is 0. The van der Waals surface area contributed by atoms with Crippen LogP contribution in [0.2, 0.25) is 0 Å². The van der Waals surface area contributed by atoms with Gasteiger partial charge in [-0.3, -0.25) is 0 Å². The van der Waals surface area contributed by atoms with Crippen molar-refractivity contribution in [3.8, 4) is 0 Å². The van der Waals surface area contributed by atoms with Crippen molar-refractivity contribution in [1.29, 1.82) is 0 Å². The molecule has 1 aliphatic carbocycles. The second-order valence-electron chi connectivity index (χ2n) is 10.5. The van der Waals surface area contributed by atoms with Crippen molar-refractivity contribution in [3.63, 3.8) is 0 Å². The van der Waals surface area contributed by atoms with Gasteiger partial charge in [0.2, 0.25) is 0 Å². The zero-order chi connectivity index (χ0) is 22.6. The molecular formula is C30H54. The lowest BCUT2D eigenvalue weighted by Crippen LogP contribution is -2.30. The lowest BCUT2D eigenvalue weighted by Gasteiger charge is -2.39. The van der Waals surface area contributed by atoms with Gasteiger partial charge in [0.1, 0.15) is 0 Å². The Bertz CT molecular complexity index is 544. The van der Waals surface area contributed by atoms with E-state index in [1.165, 1.54) is 70.6 Å². The van der Waals surface area contributed by atoms with Gasteiger partial charge in [-0.2, -0.15) is 0 Å². The van der Waals surface area contributed by atoms with E-state index in [-0.39, 0.29) is 0 Å². The second kappa shape index (κ2) is 14.3. The fourth-order valence-corrected chi connectivity index (χ4v) is 5.97. The predicted octanol–water partition coefficient (Wildman–Crippen LogP) is 10.3. The third-order valence-electron chi connectivity index (χ3n) is 7.69. The zero-order valence-electron chi connectivity index (χ0n) is 21.9. The SMILES string of the molecule is CCCCC=CC=CCC(C)(C)C(CC)C(C)C(CCC)=C(CC)C1CC1CCC. The fourth-order valence-electron chi connectivity index (χ4n) is 5.97. The average Bonchev–Trinajstić information content (AvgIpc) is 3.46. The highest BCUT2D eigenvalue weighted by molar-refractivity contribution is 5.25. The maximum absolute atomic E-state index is 2.56. The molecule has 1 rings (SSSR count). The van der Waals surface area contributed by atoms with Crippen LogP contribution in [0.3, 0.4) is 0 Å². The fraction of sp³-hybridized carbons (Fsp3) is 0.800. The Labute approximate surface area is 190 Å². The van der Waals surface area contributed by atoms with Crippen molar-refractivity contribution in [1.82, 2.24) is 0 Å². The van der Waals surface area contributed by atoms with Crippen molar-refractivity contribution < 1.29 is 0 Å². The van der Waals surface area contributed by atoms with E-state index in [4.69, 9.17) is 0 Å². The average molecular weight is 415 g/mol. The van der Waals surface area contributed by atoms with Crippen LogP contribution in [0.25, 0.3) is 0 Å². The number of hydrogen-bond donors (Lipinski definition) is 0. The Morgan fingerprint density at radius 1 is 0.967 bits per heavy atom. The maximum atomic E-state index is 2.56. The van der Waals surface area contributed by atoms with Gasteiger partial charge in [0.25, 0.3) is 0 Å². The first-order chi connectivity index (χ1) is 14.4. The van der Waals surface area contributed by atoms with Crippen molar-refractivity contribution >= 4 is 0 Å². The van der Waals surface area contributed by atoms with Crippen LogP contribution < -0.4 is 0 Å². The molecule has 0 aliphatic heterocycles. The summed E-state index contributed by atoms with van der Waals surface area (Å²) in [5.41, 5.74) is 4.03. The molecule has 0 aromatic rings. The predicted molar refractivity (Wildman–Crippen MR) is 138 cm³/mol. The van der Waals surface area contributed by atoms with Gasteiger partial charge in [-0.1, -0.05) is 129 Å². The Hall–Kier alpha value is -0.780. The monoisotopic (exact) mass is 414 g/mol. The molecule has 0 aromatic heterocycles. The summed E-state index contributed by atoms with van der Waals surface area (Å²) in [6.45, 7) is 19.4. The molecule has 0 heterocycles. The molecule has 1 saturated carbocycles. The van der Waals surface area contributed by atoms with E-state index >= 15 is 0 Å². The summed E-state index contributed by atoms with van der Waals surface area (Å²) in [5.74, 6) is 3.35. The first kappa shape index (κ1) is 27.3. The molecule has 0 amide bonds. The first-order valence-electron chi connectivity index (χ1n) is 13.4. The molecule has 0 saturated heterocycles. The Balaban J connectivity index is 2.94. The number of hydrogen-bond acceptors (Lipinski definition) is 0. The molecule has 0 radical (unpaired) electrons. The van der Waals surface area contributed by atoms with Crippen LogP contribution >= 0.6 is 0 Å². The van der Waals surface area contributed by atoms with Crippen molar-refractivity contribution in [2.45, 2.75) is 126 Å². The minimum Gasteiger partial charge on any atom is -0.0845 e. The van der Waals surface area contributed by atoms with Gasteiger partial charge < -0.3 is 0 Å². The van der Waals surface area contributed by atoms with E-state index in [1.807, 2.05) is 11.1 Å². The van der Waals surface area contributed by atoms with E-state index in [2.05, 4.69) is 79.7 Å². The molecule has 0 heteroatoms. The molecule has 0 aromatic carbocycles. The van der Waals surface area contributed by atoms with E-state index in [0.29, 0.717) is 11.3 Å². The highest BCUT2D eigenvalue weighted by atomic mass is 14.5. The van der Waals surface area contributed by atoms with Crippen LogP contribution in [-0.4, -0.2) is 0 Å². The molecule has 0 spiro atoms. The van der Waals surface area contributed by atoms with Crippen molar-refractivity contribution in [2.24, 2.45) is 29.1 Å². The van der Waals surface area contributed by atoms with Crippen LogP contribution in [0.4, 0.5) is 0 Å². The molecule has 1 fully saturated rings. The summed E-state index contributed by atoms with van der Waals surface area (Å²) in [4.78, 5) is 0. The summed E-state index contributed by atoms with van der Waals surface area (Å²) >= 11 is 0. The molecule has 0 N–H and O–H groups in total. The van der Waals surface area contributed by atoms with E-state index in [0.717, 1.165) is 17.8 Å². The minimum atomic E-state index is 0.339. The molecule has 174 valence electrons. The largest absolute Gasteiger partial charge is 0.0845 e. The number of allylic oxidation sites excluding steroid dienone is 6. The summed E-state index contributed by atoms with van der Waals surface area (Å²) in [6.07, 6.45) is 23.6. The maximum Gasteiger partial charge on any atom is -0.0169 e. The Morgan fingerprint density at radius 2 is 1.67 bits per heavy atom. The highest BCUT2D eigenvalue weighted by Gasteiger charge is 2.41. The molecule has 30 heavy (non-hydrogen) atoms. The topological polar surface area (TPSA) is 0 Å². The Kier molecular flexibility index (Phi) is 13.0. The summed E-state index contributed by atoms with van der Waals surface area (Å²) in [7, 11) is 0. The van der Waals surface area contributed by atoms with E-state index in [1.54, 1.807) is 0 Å². The van der Waals surface area contributed by atoms with Gasteiger partial charge in [-0.05, 0) is 61.2 Å². The molecule has 4 unspecified atom stereocenters. The van der Waals surface area contributed by atoms with Crippen LogP contribution in [0, 0.1) is 29.1 Å². The number of unbranched alkanes of at least 4 members (excludes halogenated alkanes) is 2. The second-order valence-corrected chi connectivity index (χ2v) is 10.5.